The summed E-state index contributed by atoms with van der Waals surface area (Å²) in [6, 6.07) is 0. The highest BCUT2D eigenvalue weighted by Crippen LogP contribution is 2.06. The van der Waals surface area contributed by atoms with Crippen molar-refractivity contribution in [2.24, 2.45) is 5.92 Å². The highest BCUT2D eigenvalue weighted by Gasteiger charge is 2.18. The molecule has 15 heavy (non-hydrogen) atoms. The Balaban J connectivity index is 1.86. The first-order valence-corrected chi connectivity index (χ1v) is 5.44. The minimum Gasteiger partial charge on any atom is -0.368 e. The van der Waals surface area contributed by atoms with Gasteiger partial charge in [-0.3, -0.25) is 0 Å². The minimum absolute atomic E-state index is 0.356. The highest BCUT2D eigenvalue weighted by atomic mass is 16.5. The van der Waals surface area contributed by atoms with Gasteiger partial charge in [-0.15, -0.1) is 0 Å². The van der Waals surface area contributed by atoms with Gasteiger partial charge in [0.1, 0.15) is 12.9 Å². The lowest BCUT2D eigenvalue weighted by molar-refractivity contribution is 0.00259. The van der Waals surface area contributed by atoms with Crippen molar-refractivity contribution in [1.82, 2.24) is 20.1 Å². The molecule has 5 nitrogen and oxygen atoms in total. The molecule has 0 saturated carbocycles. The fourth-order valence-corrected chi connectivity index (χ4v) is 1.47. The van der Waals surface area contributed by atoms with Crippen LogP contribution in [0.3, 0.4) is 0 Å². The lowest BCUT2D eigenvalue weighted by atomic mass is 10.2. The van der Waals surface area contributed by atoms with Crippen LogP contribution < -0.4 is 5.32 Å². The number of aromatic nitrogens is 3. The average Bonchev–Trinajstić information content (AvgIpc) is 2.49. The predicted molar refractivity (Wildman–Crippen MR) is 56.3 cm³/mol. The van der Waals surface area contributed by atoms with Gasteiger partial charge in [-0.05, 0) is 5.92 Å². The Morgan fingerprint density at radius 1 is 1.60 bits per heavy atom. The highest BCUT2D eigenvalue weighted by molar-refractivity contribution is 4.84. The van der Waals surface area contributed by atoms with Crippen LogP contribution in [0.25, 0.3) is 0 Å². The van der Waals surface area contributed by atoms with Crippen LogP contribution in [0.5, 0.6) is 0 Å². The van der Waals surface area contributed by atoms with E-state index in [1.807, 2.05) is 4.68 Å². The second kappa shape index (κ2) is 4.72. The average molecular weight is 210 g/mol. The maximum absolute atomic E-state index is 5.66. The van der Waals surface area contributed by atoms with Gasteiger partial charge in [-0.25, -0.2) is 9.67 Å². The van der Waals surface area contributed by atoms with Crippen LogP contribution in [0.15, 0.2) is 6.33 Å². The summed E-state index contributed by atoms with van der Waals surface area (Å²) in [5, 5.41) is 7.36. The van der Waals surface area contributed by atoms with Crippen molar-refractivity contribution in [1.29, 1.82) is 0 Å². The Kier molecular flexibility index (Phi) is 3.33. The molecule has 2 heterocycles. The second-order valence-corrected chi connectivity index (χ2v) is 4.34. The van der Waals surface area contributed by atoms with Gasteiger partial charge in [0, 0.05) is 19.6 Å². The summed E-state index contributed by atoms with van der Waals surface area (Å²) in [7, 11) is 0. The van der Waals surface area contributed by atoms with E-state index in [1.54, 1.807) is 6.33 Å². The van der Waals surface area contributed by atoms with Crippen LogP contribution in [0, 0.1) is 5.92 Å². The van der Waals surface area contributed by atoms with E-state index in [4.69, 9.17) is 4.74 Å². The monoisotopic (exact) mass is 210 g/mol. The quantitative estimate of drug-likeness (QED) is 0.765. The fraction of sp³-hybridized carbons (Fsp3) is 0.800. The van der Waals surface area contributed by atoms with Crippen molar-refractivity contribution in [2.75, 3.05) is 13.1 Å². The molecule has 0 atom stereocenters. The van der Waals surface area contributed by atoms with Gasteiger partial charge in [-0.1, -0.05) is 13.8 Å². The number of rotatable bonds is 5. The molecule has 1 saturated heterocycles. The summed E-state index contributed by atoms with van der Waals surface area (Å²) >= 11 is 0. The molecule has 1 aromatic heterocycles. The van der Waals surface area contributed by atoms with Gasteiger partial charge in [0.05, 0.1) is 6.10 Å². The summed E-state index contributed by atoms with van der Waals surface area (Å²) < 4.78 is 7.59. The van der Waals surface area contributed by atoms with E-state index in [0.29, 0.717) is 18.6 Å². The Bertz CT molecular complexity index is 306. The molecule has 0 amide bonds. The summed E-state index contributed by atoms with van der Waals surface area (Å²) in [6.45, 7) is 7.72. The molecule has 1 fully saturated rings. The molecule has 0 radical (unpaired) electrons. The predicted octanol–water partition coefficient (Wildman–Crippen LogP) is 0.422. The standard InChI is InChI=1S/C10H18N4O/c1-8(2)5-14-10(12-7-13-14)6-15-9-3-11-4-9/h7-9,11H,3-6H2,1-2H3. The molecule has 5 heteroatoms. The third-order valence-corrected chi connectivity index (χ3v) is 2.43. The van der Waals surface area contributed by atoms with Gasteiger partial charge >= 0.3 is 0 Å². The van der Waals surface area contributed by atoms with Crippen LogP contribution in [-0.4, -0.2) is 34.0 Å². The molecule has 0 unspecified atom stereocenters. The third-order valence-electron chi connectivity index (χ3n) is 2.43. The normalized spacial score (nSPS) is 17.0. The molecule has 0 aromatic carbocycles. The fourth-order valence-electron chi connectivity index (χ4n) is 1.47. The number of nitrogens with zero attached hydrogens (tertiary/aromatic N) is 3. The Labute approximate surface area is 89.8 Å². The van der Waals surface area contributed by atoms with Crippen molar-refractivity contribution in [3.63, 3.8) is 0 Å². The number of ether oxygens (including phenoxy) is 1. The SMILES string of the molecule is CC(C)Cn1ncnc1COC1CNC1. The molecule has 1 N–H and O–H groups in total. The smallest absolute Gasteiger partial charge is 0.152 e. The topological polar surface area (TPSA) is 52.0 Å². The van der Waals surface area contributed by atoms with E-state index in [1.165, 1.54) is 0 Å². The zero-order valence-electron chi connectivity index (χ0n) is 9.31. The summed E-state index contributed by atoms with van der Waals surface area (Å²) in [4.78, 5) is 4.21. The zero-order valence-corrected chi connectivity index (χ0v) is 9.31. The maximum Gasteiger partial charge on any atom is 0.152 e. The third kappa shape index (κ3) is 2.76. The van der Waals surface area contributed by atoms with Gasteiger partial charge in [0.15, 0.2) is 5.82 Å². The van der Waals surface area contributed by atoms with Gasteiger partial charge in [0.25, 0.3) is 0 Å². The van der Waals surface area contributed by atoms with Gasteiger partial charge in [-0.2, -0.15) is 5.10 Å². The van der Waals surface area contributed by atoms with E-state index >= 15 is 0 Å². The van der Waals surface area contributed by atoms with Crippen LogP contribution in [-0.2, 0) is 17.9 Å². The van der Waals surface area contributed by atoms with Crippen LogP contribution in [0.4, 0.5) is 0 Å². The number of nitrogens with one attached hydrogen (secondary N) is 1. The minimum atomic E-state index is 0.356. The Morgan fingerprint density at radius 2 is 2.40 bits per heavy atom. The molecule has 0 spiro atoms. The first-order chi connectivity index (χ1) is 7.25. The van der Waals surface area contributed by atoms with E-state index < -0.39 is 0 Å². The molecule has 0 aliphatic carbocycles. The zero-order chi connectivity index (χ0) is 10.7. The second-order valence-electron chi connectivity index (χ2n) is 4.34. The van der Waals surface area contributed by atoms with Crippen LogP contribution in [0.1, 0.15) is 19.7 Å². The van der Waals surface area contributed by atoms with E-state index in [-0.39, 0.29) is 0 Å². The van der Waals surface area contributed by atoms with Crippen LogP contribution in [0.2, 0.25) is 0 Å². The summed E-state index contributed by atoms with van der Waals surface area (Å²) in [5.41, 5.74) is 0. The van der Waals surface area contributed by atoms with E-state index in [9.17, 15) is 0 Å². The lowest BCUT2D eigenvalue weighted by Crippen LogP contribution is -2.48. The number of hydrogen-bond donors (Lipinski definition) is 1. The van der Waals surface area contributed by atoms with Gasteiger partial charge in [0.2, 0.25) is 0 Å². The van der Waals surface area contributed by atoms with Gasteiger partial charge < -0.3 is 10.1 Å². The van der Waals surface area contributed by atoms with Crippen molar-refractivity contribution in [2.45, 2.75) is 33.1 Å². The Morgan fingerprint density at radius 3 is 3.00 bits per heavy atom. The van der Waals surface area contributed by atoms with Crippen molar-refractivity contribution in [3.05, 3.63) is 12.2 Å². The molecule has 1 aliphatic heterocycles. The number of hydrogen-bond acceptors (Lipinski definition) is 4. The lowest BCUT2D eigenvalue weighted by Gasteiger charge is -2.26. The molecule has 2 rings (SSSR count). The molecule has 1 aliphatic rings. The first kappa shape index (κ1) is 10.6. The van der Waals surface area contributed by atoms with Crippen molar-refractivity contribution >= 4 is 0 Å². The largest absolute Gasteiger partial charge is 0.368 e. The summed E-state index contributed by atoms with van der Waals surface area (Å²) in [6.07, 6.45) is 1.95. The molecule has 1 aromatic rings. The molecular weight excluding hydrogens is 192 g/mol. The van der Waals surface area contributed by atoms with E-state index in [2.05, 4.69) is 29.2 Å². The molecule has 84 valence electrons. The Hall–Kier alpha value is -0.940. The first-order valence-electron chi connectivity index (χ1n) is 5.44. The van der Waals surface area contributed by atoms with E-state index in [0.717, 1.165) is 25.5 Å². The van der Waals surface area contributed by atoms with Crippen molar-refractivity contribution in [3.8, 4) is 0 Å². The molecular formula is C10H18N4O. The maximum atomic E-state index is 5.66. The van der Waals surface area contributed by atoms with Crippen molar-refractivity contribution < 1.29 is 4.74 Å². The van der Waals surface area contributed by atoms with Crippen LogP contribution >= 0.6 is 0 Å². The summed E-state index contributed by atoms with van der Waals surface area (Å²) in [5.74, 6) is 1.51. The molecule has 0 bridgehead atoms.